The molecule has 0 saturated carbocycles. The molecule has 0 bridgehead atoms. The number of phosphoric acid groups is 1. The van der Waals surface area contributed by atoms with Crippen LogP contribution in [0, 0.1) is 0 Å². The van der Waals surface area contributed by atoms with Crippen LogP contribution >= 0.6 is 7.82 Å². The van der Waals surface area contributed by atoms with E-state index in [1.54, 1.807) is 0 Å². The normalized spacial score (nSPS) is 14.0. The van der Waals surface area contributed by atoms with Gasteiger partial charge in [-0.3, -0.25) is 9.05 Å². The number of rotatable bonds is 19. The van der Waals surface area contributed by atoms with Gasteiger partial charge in [-0.2, -0.15) is 0 Å². The summed E-state index contributed by atoms with van der Waals surface area (Å²) in [5.41, 5.74) is 0. The van der Waals surface area contributed by atoms with Crippen molar-refractivity contribution in [1.82, 2.24) is 0 Å². The molecule has 0 fully saturated rings. The molecule has 1 unspecified atom stereocenters. The molecule has 1 N–H and O–H groups in total. The molecule has 4 nitrogen and oxygen atoms in total. The molecular formula is C19H41O4P. The molecule has 1 atom stereocenters. The minimum atomic E-state index is -3.82. The van der Waals surface area contributed by atoms with E-state index in [0.717, 1.165) is 32.1 Å². The first-order valence-electron chi connectivity index (χ1n) is 10.2. The smallest absolute Gasteiger partial charge is 0.302 e. The first-order valence-corrected chi connectivity index (χ1v) is 11.7. The van der Waals surface area contributed by atoms with Crippen LogP contribution in [0.5, 0.6) is 0 Å². The highest BCUT2D eigenvalue weighted by Gasteiger charge is 2.19. The lowest BCUT2D eigenvalue weighted by Crippen LogP contribution is -1.99. The van der Waals surface area contributed by atoms with E-state index in [1.807, 2.05) is 0 Å². The molecule has 0 aliphatic heterocycles. The van der Waals surface area contributed by atoms with Gasteiger partial charge >= 0.3 is 7.82 Å². The average molecular weight is 365 g/mol. The van der Waals surface area contributed by atoms with Crippen molar-refractivity contribution in [2.24, 2.45) is 0 Å². The Morgan fingerprint density at radius 2 is 0.875 bits per heavy atom. The Hall–Kier alpha value is 0.110. The maximum atomic E-state index is 11.6. The minimum Gasteiger partial charge on any atom is -0.302 e. The predicted molar refractivity (Wildman–Crippen MR) is 102 cm³/mol. The lowest BCUT2D eigenvalue weighted by Gasteiger charge is -2.11. The van der Waals surface area contributed by atoms with Crippen molar-refractivity contribution in [2.45, 2.75) is 110 Å². The Kier molecular flexibility index (Phi) is 18.0. The van der Waals surface area contributed by atoms with Gasteiger partial charge in [0.25, 0.3) is 0 Å². The zero-order chi connectivity index (χ0) is 17.9. The van der Waals surface area contributed by atoms with Crippen LogP contribution in [-0.4, -0.2) is 18.1 Å². The Balaban J connectivity index is 3.25. The zero-order valence-electron chi connectivity index (χ0n) is 16.1. The topological polar surface area (TPSA) is 55.8 Å². The number of unbranched alkanes of at least 4 members (excludes halogenated alkanes) is 13. The Labute approximate surface area is 150 Å². The summed E-state index contributed by atoms with van der Waals surface area (Å²) in [5.74, 6) is 0. The van der Waals surface area contributed by atoms with Crippen molar-refractivity contribution in [3.63, 3.8) is 0 Å². The summed E-state index contributed by atoms with van der Waals surface area (Å²) < 4.78 is 21.5. The number of phosphoric ester groups is 1. The molecule has 0 saturated heterocycles. The van der Waals surface area contributed by atoms with Gasteiger partial charge in [0.05, 0.1) is 13.2 Å². The fourth-order valence-electron chi connectivity index (χ4n) is 2.69. The fraction of sp³-hybridized carbons (Fsp3) is 1.00. The molecule has 146 valence electrons. The molecule has 0 aliphatic carbocycles. The van der Waals surface area contributed by atoms with Crippen LogP contribution in [0.1, 0.15) is 110 Å². The van der Waals surface area contributed by atoms with E-state index in [1.165, 1.54) is 64.2 Å². The highest BCUT2D eigenvalue weighted by molar-refractivity contribution is 7.47. The average Bonchev–Trinajstić information content (AvgIpc) is 2.56. The maximum absolute atomic E-state index is 11.6. The molecule has 0 radical (unpaired) electrons. The van der Waals surface area contributed by atoms with Crippen LogP contribution < -0.4 is 0 Å². The van der Waals surface area contributed by atoms with Gasteiger partial charge in [0.2, 0.25) is 0 Å². The standard InChI is InChI=1S/C19H41O4P/c1-3-5-7-8-9-10-11-12-13-14-15-17-19-23-24(20,21)22-18-16-6-4-2/h3-19H2,1-2H3,(H,20,21). The summed E-state index contributed by atoms with van der Waals surface area (Å²) in [6.07, 6.45) is 18.1. The predicted octanol–water partition coefficient (Wildman–Crippen LogP) is 7.01. The van der Waals surface area contributed by atoms with Crippen molar-refractivity contribution < 1.29 is 18.5 Å². The van der Waals surface area contributed by atoms with E-state index < -0.39 is 7.82 Å². The summed E-state index contributed by atoms with van der Waals surface area (Å²) >= 11 is 0. The molecule has 0 aromatic heterocycles. The van der Waals surface area contributed by atoms with Gasteiger partial charge < -0.3 is 4.89 Å². The summed E-state index contributed by atoms with van der Waals surface area (Å²) in [5, 5.41) is 0. The van der Waals surface area contributed by atoms with Crippen LogP contribution in [0.2, 0.25) is 0 Å². The molecule has 0 aliphatic rings. The summed E-state index contributed by atoms with van der Waals surface area (Å²) in [6, 6.07) is 0. The lowest BCUT2D eigenvalue weighted by atomic mass is 10.1. The van der Waals surface area contributed by atoms with Gasteiger partial charge in [-0.15, -0.1) is 0 Å². The van der Waals surface area contributed by atoms with Gasteiger partial charge in [0, 0.05) is 0 Å². The van der Waals surface area contributed by atoms with Crippen molar-refractivity contribution in [1.29, 1.82) is 0 Å². The quantitative estimate of drug-likeness (QED) is 0.198. The van der Waals surface area contributed by atoms with Gasteiger partial charge in [-0.1, -0.05) is 97.3 Å². The second kappa shape index (κ2) is 17.9. The maximum Gasteiger partial charge on any atom is 0.472 e. The first kappa shape index (κ1) is 24.1. The lowest BCUT2D eigenvalue weighted by molar-refractivity contribution is 0.145. The summed E-state index contributed by atoms with van der Waals surface area (Å²) in [4.78, 5) is 9.50. The third kappa shape index (κ3) is 18.4. The largest absolute Gasteiger partial charge is 0.472 e. The van der Waals surface area contributed by atoms with Crippen LogP contribution in [0.25, 0.3) is 0 Å². The Morgan fingerprint density at radius 1 is 0.583 bits per heavy atom. The summed E-state index contributed by atoms with van der Waals surface area (Å²) in [6.45, 7) is 4.96. The van der Waals surface area contributed by atoms with E-state index in [4.69, 9.17) is 9.05 Å². The Morgan fingerprint density at radius 3 is 1.29 bits per heavy atom. The van der Waals surface area contributed by atoms with Crippen molar-refractivity contribution in [3.05, 3.63) is 0 Å². The van der Waals surface area contributed by atoms with Crippen LogP contribution in [-0.2, 0) is 13.6 Å². The Bertz CT molecular complexity index is 297. The second-order valence-corrected chi connectivity index (χ2v) is 8.18. The van der Waals surface area contributed by atoms with Gasteiger partial charge in [0.15, 0.2) is 0 Å². The van der Waals surface area contributed by atoms with Crippen LogP contribution in [0.3, 0.4) is 0 Å². The highest BCUT2D eigenvalue weighted by atomic mass is 31.2. The molecule has 0 amide bonds. The second-order valence-electron chi connectivity index (χ2n) is 6.73. The fourth-order valence-corrected chi connectivity index (χ4v) is 3.49. The molecule has 0 aromatic rings. The van der Waals surface area contributed by atoms with Gasteiger partial charge in [-0.05, 0) is 12.8 Å². The molecule has 0 aromatic carbocycles. The molecule has 0 heterocycles. The van der Waals surface area contributed by atoms with E-state index in [2.05, 4.69) is 13.8 Å². The molecule has 0 spiro atoms. The molecule has 5 heteroatoms. The third-order valence-electron chi connectivity index (χ3n) is 4.25. The first-order chi connectivity index (χ1) is 11.6. The van der Waals surface area contributed by atoms with Gasteiger partial charge in [-0.25, -0.2) is 4.57 Å². The zero-order valence-corrected chi connectivity index (χ0v) is 17.0. The van der Waals surface area contributed by atoms with Crippen LogP contribution in [0.15, 0.2) is 0 Å². The van der Waals surface area contributed by atoms with Crippen molar-refractivity contribution in [2.75, 3.05) is 13.2 Å². The van der Waals surface area contributed by atoms with Gasteiger partial charge in [0.1, 0.15) is 0 Å². The molecule has 24 heavy (non-hydrogen) atoms. The highest BCUT2D eigenvalue weighted by Crippen LogP contribution is 2.43. The SMILES string of the molecule is CCCCCCCCCCCCCCOP(=O)(O)OCCCCC. The van der Waals surface area contributed by atoms with Crippen molar-refractivity contribution >= 4 is 7.82 Å². The van der Waals surface area contributed by atoms with E-state index in [0.29, 0.717) is 13.2 Å². The number of hydrogen-bond donors (Lipinski definition) is 1. The molecular weight excluding hydrogens is 323 g/mol. The van der Waals surface area contributed by atoms with Crippen LogP contribution in [0.4, 0.5) is 0 Å². The van der Waals surface area contributed by atoms with Crippen molar-refractivity contribution in [3.8, 4) is 0 Å². The monoisotopic (exact) mass is 364 g/mol. The third-order valence-corrected chi connectivity index (χ3v) is 5.27. The molecule has 0 rings (SSSR count). The number of hydrogen-bond acceptors (Lipinski definition) is 3. The van der Waals surface area contributed by atoms with E-state index >= 15 is 0 Å². The van der Waals surface area contributed by atoms with E-state index in [-0.39, 0.29) is 0 Å². The summed E-state index contributed by atoms with van der Waals surface area (Å²) in [7, 11) is -3.82. The minimum absolute atomic E-state index is 0.306. The van der Waals surface area contributed by atoms with E-state index in [9.17, 15) is 9.46 Å².